The fourth-order valence-corrected chi connectivity index (χ4v) is 3.23. The molecule has 0 N–H and O–H groups in total. The Morgan fingerprint density at radius 1 is 1.16 bits per heavy atom. The lowest BCUT2D eigenvalue weighted by atomic mass is 9.74. The molecule has 0 atom stereocenters. The molecule has 1 aromatic carbocycles. The molecule has 0 aliphatic carbocycles. The Hall–Kier alpha value is -1.31. The zero-order valence-corrected chi connectivity index (χ0v) is 12.4. The van der Waals surface area contributed by atoms with E-state index in [-0.39, 0.29) is 5.78 Å². The maximum atomic E-state index is 11.7. The molecule has 0 radical (unpaired) electrons. The lowest BCUT2D eigenvalue weighted by molar-refractivity contribution is 0.101. The van der Waals surface area contributed by atoms with Gasteiger partial charge in [0.05, 0.1) is 0 Å². The molecule has 0 bridgehead atoms. The van der Waals surface area contributed by atoms with E-state index >= 15 is 0 Å². The van der Waals surface area contributed by atoms with Crippen LogP contribution in [-0.4, -0.2) is 18.9 Å². The predicted octanol–water partition coefficient (Wildman–Crippen LogP) is 4.30. The zero-order chi connectivity index (χ0) is 13.9. The van der Waals surface area contributed by atoms with E-state index in [1.165, 1.54) is 25.7 Å². The highest BCUT2D eigenvalue weighted by atomic mass is 16.1. The third-order valence-corrected chi connectivity index (χ3v) is 4.95. The summed E-state index contributed by atoms with van der Waals surface area (Å²) in [4.78, 5) is 14.1. The van der Waals surface area contributed by atoms with E-state index in [4.69, 9.17) is 0 Å². The molecule has 1 aliphatic heterocycles. The van der Waals surface area contributed by atoms with E-state index in [0.29, 0.717) is 5.41 Å². The van der Waals surface area contributed by atoms with Gasteiger partial charge in [-0.2, -0.15) is 0 Å². The molecule has 0 aromatic heterocycles. The fraction of sp³-hybridized carbons (Fsp3) is 0.588. The second kappa shape index (κ2) is 5.77. The molecule has 0 amide bonds. The van der Waals surface area contributed by atoms with E-state index in [2.05, 4.69) is 24.8 Å². The topological polar surface area (TPSA) is 20.3 Å². The molecule has 2 rings (SSSR count). The van der Waals surface area contributed by atoms with E-state index in [9.17, 15) is 4.79 Å². The number of nitrogens with zero attached hydrogens (tertiary/aromatic N) is 1. The van der Waals surface area contributed by atoms with Gasteiger partial charge in [0.2, 0.25) is 0 Å². The first-order valence-corrected chi connectivity index (χ1v) is 7.47. The molecular weight excluding hydrogens is 234 g/mol. The third kappa shape index (κ3) is 2.83. The lowest BCUT2D eigenvalue weighted by Crippen LogP contribution is -2.40. The molecule has 1 saturated heterocycles. The number of rotatable bonds is 4. The number of hydrogen-bond acceptors (Lipinski definition) is 2. The zero-order valence-electron chi connectivity index (χ0n) is 12.4. The van der Waals surface area contributed by atoms with Crippen molar-refractivity contribution in [1.82, 2.24) is 0 Å². The van der Waals surface area contributed by atoms with Crippen molar-refractivity contribution in [2.24, 2.45) is 5.41 Å². The molecule has 1 heterocycles. The maximum Gasteiger partial charge on any atom is 0.161 e. The summed E-state index contributed by atoms with van der Waals surface area (Å²) >= 11 is 0. The molecule has 0 unspecified atom stereocenters. The predicted molar refractivity (Wildman–Crippen MR) is 80.9 cm³/mol. The molecule has 0 spiro atoms. The monoisotopic (exact) mass is 259 g/mol. The molecule has 2 heteroatoms. The van der Waals surface area contributed by atoms with Gasteiger partial charge in [-0.25, -0.2) is 0 Å². The molecule has 1 fully saturated rings. The molecule has 2 nitrogen and oxygen atoms in total. The average Bonchev–Trinajstić information content (AvgIpc) is 2.47. The summed E-state index contributed by atoms with van der Waals surface area (Å²) in [5, 5.41) is 0. The van der Waals surface area contributed by atoms with Crippen LogP contribution in [0.4, 0.5) is 5.69 Å². The number of piperidine rings is 1. The Morgan fingerprint density at radius 2 is 1.74 bits per heavy atom. The van der Waals surface area contributed by atoms with Crippen LogP contribution in [0.5, 0.6) is 0 Å². The molecular formula is C17H25NO. The number of anilines is 1. The minimum Gasteiger partial charge on any atom is -0.371 e. The number of para-hydroxylation sites is 1. The summed E-state index contributed by atoms with van der Waals surface area (Å²) in [6.07, 6.45) is 5.02. The van der Waals surface area contributed by atoms with Crippen LogP contribution in [0.15, 0.2) is 24.3 Å². The van der Waals surface area contributed by atoms with Gasteiger partial charge in [-0.3, -0.25) is 4.79 Å². The Kier molecular flexibility index (Phi) is 4.28. The van der Waals surface area contributed by atoms with E-state index in [0.717, 1.165) is 24.3 Å². The Balaban J connectivity index is 2.16. The number of carbonyl (C=O) groups excluding carboxylic acids is 1. The molecule has 1 aliphatic rings. The Morgan fingerprint density at radius 3 is 2.26 bits per heavy atom. The van der Waals surface area contributed by atoms with Crippen molar-refractivity contribution in [3.63, 3.8) is 0 Å². The normalized spacial score (nSPS) is 18.4. The van der Waals surface area contributed by atoms with Crippen LogP contribution >= 0.6 is 0 Å². The van der Waals surface area contributed by atoms with Crippen LogP contribution in [0.3, 0.4) is 0 Å². The highest BCUT2D eigenvalue weighted by Gasteiger charge is 2.31. The highest BCUT2D eigenvalue weighted by Crippen LogP contribution is 2.39. The molecule has 104 valence electrons. The Labute approximate surface area is 116 Å². The van der Waals surface area contributed by atoms with Crippen LogP contribution in [0, 0.1) is 5.41 Å². The fourth-order valence-electron chi connectivity index (χ4n) is 3.23. The SMILES string of the molecule is CCC1(CC)CCN(c2ccccc2C(C)=O)CC1. The van der Waals surface area contributed by atoms with Gasteiger partial charge in [0.25, 0.3) is 0 Å². The van der Waals surface area contributed by atoms with Crippen molar-refractivity contribution >= 4 is 11.5 Å². The summed E-state index contributed by atoms with van der Waals surface area (Å²) in [5.41, 5.74) is 2.51. The summed E-state index contributed by atoms with van der Waals surface area (Å²) in [5.74, 6) is 0.165. The highest BCUT2D eigenvalue weighted by molar-refractivity contribution is 5.99. The molecule has 1 aromatic rings. The van der Waals surface area contributed by atoms with Gasteiger partial charge in [0.1, 0.15) is 0 Å². The number of hydrogen-bond donors (Lipinski definition) is 0. The van der Waals surface area contributed by atoms with Crippen molar-refractivity contribution in [2.75, 3.05) is 18.0 Å². The standard InChI is InChI=1S/C17H25NO/c1-4-17(5-2)10-12-18(13-11-17)16-9-7-6-8-15(16)14(3)19/h6-9H,4-5,10-13H2,1-3H3. The lowest BCUT2D eigenvalue weighted by Gasteiger charge is -2.42. The summed E-state index contributed by atoms with van der Waals surface area (Å²) in [7, 11) is 0. The smallest absolute Gasteiger partial charge is 0.161 e. The van der Waals surface area contributed by atoms with Crippen molar-refractivity contribution in [2.45, 2.75) is 46.5 Å². The first-order valence-electron chi connectivity index (χ1n) is 7.47. The second-order valence-corrected chi connectivity index (χ2v) is 5.77. The van der Waals surface area contributed by atoms with Crippen LogP contribution in [0.25, 0.3) is 0 Å². The first-order chi connectivity index (χ1) is 9.12. The van der Waals surface area contributed by atoms with Crippen LogP contribution < -0.4 is 4.90 Å². The quantitative estimate of drug-likeness (QED) is 0.752. The minimum absolute atomic E-state index is 0.165. The van der Waals surface area contributed by atoms with E-state index in [1.807, 2.05) is 18.2 Å². The maximum absolute atomic E-state index is 11.7. The van der Waals surface area contributed by atoms with Gasteiger partial charge in [-0.1, -0.05) is 38.8 Å². The number of benzene rings is 1. The van der Waals surface area contributed by atoms with Gasteiger partial charge in [0, 0.05) is 24.3 Å². The Bertz CT molecular complexity index is 438. The molecule has 0 saturated carbocycles. The number of carbonyl (C=O) groups is 1. The van der Waals surface area contributed by atoms with E-state index < -0.39 is 0 Å². The van der Waals surface area contributed by atoms with E-state index in [1.54, 1.807) is 6.92 Å². The molecule has 19 heavy (non-hydrogen) atoms. The van der Waals surface area contributed by atoms with Crippen LogP contribution in [0.2, 0.25) is 0 Å². The summed E-state index contributed by atoms with van der Waals surface area (Å²) in [6, 6.07) is 8.01. The van der Waals surface area contributed by atoms with Crippen molar-refractivity contribution in [3.8, 4) is 0 Å². The van der Waals surface area contributed by atoms with Gasteiger partial charge >= 0.3 is 0 Å². The van der Waals surface area contributed by atoms with Crippen LogP contribution in [0.1, 0.15) is 56.8 Å². The van der Waals surface area contributed by atoms with Gasteiger partial charge in [-0.15, -0.1) is 0 Å². The van der Waals surface area contributed by atoms with Crippen molar-refractivity contribution in [1.29, 1.82) is 0 Å². The van der Waals surface area contributed by atoms with Crippen LogP contribution in [-0.2, 0) is 0 Å². The van der Waals surface area contributed by atoms with Gasteiger partial charge < -0.3 is 4.90 Å². The third-order valence-electron chi connectivity index (χ3n) is 4.95. The van der Waals surface area contributed by atoms with Crippen molar-refractivity contribution < 1.29 is 4.79 Å². The largest absolute Gasteiger partial charge is 0.371 e. The van der Waals surface area contributed by atoms with Gasteiger partial charge in [0.15, 0.2) is 5.78 Å². The minimum atomic E-state index is 0.165. The van der Waals surface area contributed by atoms with Gasteiger partial charge in [-0.05, 0) is 37.3 Å². The first kappa shape index (κ1) is 14.1. The number of Topliss-reactive ketones (excluding diaryl/α,β-unsaturated/α-hetero) is 1. The van der Waals surface area contributed by atoms with Crippen molar-refractivity contribution in [3.05, 3.63) is 29.8 Å². The summed E-state index contributed by atoms with van der Waals surface area (Å²) < 4.78 is 0. The number of ketones is 1. The second-order valence-electron chi connectivity index (χ2n) is 5.77. The summed E-state index contributed by atoms with van der Waals surface area (Å²) in [6.45, 7) is 8.43. The average molecular weight is 259 g/mol.